The number of amides is 1. The fourth-order valence-electron chi connectivity index (χ4n) is 3.93. The van der Waals surface area contributed by atoms with Gasteiger partial charge < -0.3 is 19.6 Å². The molecule has 0 aromatic heterocycles. The van der Waals surface area contributed by atoms with Crippen LogP contribution in [0.5, 0.6) is 5.75 Å². The number of hydrogen-bond donors (Lipinski definition) is 1. The van der Waals surface area contributed by atoms with E-state index in [4.69, 9.17) is 4.74 Å². The maximum atomic E-state index is 13.1. The fraction of sp³-hybridized carbons (Fsp3) is 0.360. The number of ether oxygens (including phenoxy) is 1. The lowest BCUT2D eigenvalue weighted by Crippen LogP contribution is -2.32. The van der Waals surface area contributed by atoms with E-state index in [-0.39, 0.29) is 23.6 Å². The zero-order valence-corrected chi connectivity index (χ0v) is 19.6. The van der Waals surface area contributed by atoms with E-state index in [2.05, 4.69) is 0 Å². The fourth-order valence-corrected chi connectivity index (χ4v) is 3.93. The molecular weight excluding hydrogens is 438 g/mol. The second kappa shape index (κ2) is 10.9. The highest BCUT2D eigenvalue weighted by Crippen LogP contribution is 2.40. The van der Waals surface area contributed by atoms with Crippen molar-refractivity contribution in [1.29, 1.82) is 0 Å². The van der Waals surface area contributed by atoms with Crippen LogP contribution in [0, 0.1) is 10.1 Å². The molecule has 0 aliphatic carbocycles. The van der Waals surface area contributed by atoms with Crippen molar-refractivity contribution in [2.75, 3.05) is 33.8 Å². The van der Waals surface area contributed by atoms with Gasteiger partial charge in [-0.2, -0.15) is 0 Å². The molecule has 1 saturated heterocycles. The Morgan fingerprint density at radius 1 is 1.18 bits per heavy atom. The van der Waals surface area contributed by atoms with Crippen molar-refractivity contribution in [2.24, 2.45) is 0 Å². The van der Waals surface area contributed by atoms with Crippen LogP contribution in [-0.4, -0.2) is 65.3 Å². The number of nitro groups is 1. The van der Waals surface area contributed by atoms with Crippen molar-refractivity contribution in [3.05, 3.63) is 75.3 Å². The van der Waals surface area contributed by atoms with Gasteiger partial charge in [0.25, 0.3) is 17.4 Å². The minimum Gasteiger partial charge on any atom is -0.507 e. The molecule has 0 spiro atoms. The average Bonchev–Trinajstić information content (AvgIpc) is 3.07. The summed E-state index contributed by atoms with van der Waals surface area (Å²) in [6.07, 6.45) is 1.40. The number of non-ortho nitro benzene ring substituents is 1. The molecule has 0 bridgehead atoms. The summed E-state index contributed by atoms with van der Waals surface area (Å²) in [7, 11) is 3.81. The van der Waals surface area contributed by atoms with Crippen LogP contribution in [0.4, 0.5) is 5.69 Å². The van der Waals surface area contributed by atoms with E-state index >= 15 is 0 Å². The molecule has 2 aromatic carbocycles. The van der Waals surface area contributed by atoms with Gasteiger partial charge in [-0.15, -0.1) is 0 Å². The zero-order valence-electron chi connectivity index (χ0n) is 19.6. The Balaban J connectivity index is 2.11. The van der Waals surface area contributed by atoms with Crippen molar-refractivity contribution in [2.45, 2.75) is 25.8 Å². The van der Waals surface area contributed by atoms with Gasteiger partial charge in [-0.25, -0.2) is 0 Å². The molecule has 1 aliphatic rings. The number of ketones is 1. The lowest BCUT2D eigenvalue weighted by Gasteiger charge is -2.25. The van der Waals surface area contributed by atoms with E-state index in [0.29, 0.717) is 36.4 Å². The number of benzene rings is 2. The van der Waals surface area contributed by atoms with Gasteiger partial charge in [0.1, 0.15) is 11.5 Å². The Hall–Kier alpha value is -3.72. The minimum absolute atomic E-state index is 0.0945. The summed E-state index contributed by atoms with van der Waals surface area (Å²) in [5.74, 6) is -1.38. The number of Topliss-reactive ketones (excluding diaryl/α,β-unsaturated/α-hetero) is 1. The third-order valence-electron chi connectivity index (χ3n) is 5.52. The van der Waals surface area contributed by atoms with Crippen molar-refractivity contribution < 1.29 is 24.4 Å². The molecule has 1 amide bonds. The Bertz CT molecular complexity index is 1110. The molecule has 1 atom stereocenters. The van der Waals surface area contributed by atoms with Gasteiger partial charge in [-0.3, -0.25) is 19.7 Å². The summed E-state index contributed by atoms with van der Waals surface area (Å²) < 4.78 is 5.63. The number of likely N-dealkylation sites (tertiary alicyclic amines) is 1. The molecule has 1 unspecified atom stereocenters. The van der Waals surface area contributed by atoms with Crippen LogP contribution >= 0.6 is 0 Å². The first-order valence-corrected chi connectivity index (χ1v) is 11.1. The highest BCUT2D eigenvalue weighted by Gasteiger charge is 2.46. The molecule has 3 rings (SSSR count). The van der Waals surface area contributed by atoms with Crippen LogP contribution in [0.3, 0.4) is 0 Å². The monoisotopic (exact) mass is 467 g/mol. The first-order valence-electron chi connectivity index (χ1n) is 11.1. The van der Waals surface area contributed by atoms with Crippen LogP contribution in [0.1, 0.15) is 36.9 Å². The molecule has 0 radical (unpaired) electrons. The third-order valence-corrected chi connectivity index (χ3v) is 5.52. The van der Waals surface area contributed by atoms with Crippen LogP contribution < -0.4 is 4.74 Å². The molecule has 9 heteroatoms. The SMILES string of the molecule is CCCOc1cccc(C(O)=C2C(=O)C(=O)N(CCCN(C)C)C2c2cccc([N+](=O)[O-])c2)c1. The van der Waals surface area contributed by atoms with Crippen molar-refractivity contribution >= 4 is 23.1 Å². The van der Waals surface area contributed by atoms with E-state index in [1.54, 1.807) is 30.3 Å². The molecule has 1 fully saturated rings. The van der Waals surface area contributed by atoms with Gasteiger partial charge in [0.05, 0.1) is 23.1 Å². The lowest BCUT2D eigenvalue weighted by atomic mass is 9.95. The Kier molecular flexibility index (Phi) is 8.01. The molecule has 1 aliphatic heterocycles. The summed E-state index contributed by atoms with van der Waals surface area (Å²) in [6.45, 7) is 3.41. The van der Waals surface area contributed by atoms with Crippen LogP contribution in [0.15, 0.2) is 54.1 Å². The van der Waals surface area contributed by atoms with Gasteiger partial charge in [0.2, 0.25) is 0 Å². The highest BCUT2D eigenvalue weighted by molar-refractivity contribution is 6.46. The maximum Gasteiger partial charge on any atom is 0.295 e. The molecule has 9 nitrogen and oxygen atoms in total. The highest BCUT2D eigenvalue weighted by atomic mass is 16.6. The number of rotatable bonds is 10. The summed E-state index contributed by atoms with van der Waals surface area (Å²) in [4.78, 5) is 40.3. The van der Waals surface area contributed by atoms with Crippen LogP contribution in [0.25, 0.3) is 5.76 Å². The standard InChI is InChI=1S/C25H29N3O6/c1-4-14-34-20-11-6-9-18(16-20)23(29)21-22(17-8-5-10-19(15-17)28(32)33)27(25(31)24(21)30)13-7-12-26(2)3/h5-6,8-11,15-16,22,29H,4,7,12-14H2,1-3H3. The van der Waals surface area contributed by atoms with Crippen molar-refractivity contribution in [3.63, 3.8) is 0 Å². The number of aliphatic hydroxyl groups is 1. The first kappa shape index (κ1) is 24.9. The molecule has 1 heterocycles. The summed E-state index contributed by atoms with van der Waals surface area (Å²) in [5.41, 5.74) is 0.461. The normalized spacial score (nSPS) is 17.4. The Labute approximate surface area is 198 Å². The summed E-state index contributed by atoms with van der Waals surface area (Å²) >= 11 is 0. The maximum absolute atomic E-state index is 13.1. The number of carbonyl (C=O) groups excluding carboxylic acids is 2. The Morgan fingerprint density at radius 3 is 2.59 bits per heavy atom. The Morgan fingerprint density at radius 2 is 1.91 bits per heavy atom. The number of nitro benzene ring substituents is 1. The number of aliphatic hydroxyl groups excluding tert-OH is 1. The van der Waals surface area contributed by atoms with E-state index in [1.807, 2.05) is 25.9 Å². The van der Waals surface area contributed by atoms with Gasteiger partial charge in [0.15, 0.2) is 0 Å². The molecule has 2 aromatic rings. The molecule has 34 heavy (non-hydrogen) atoms. The third kappa shape index (κ3) is 5.43. The van der Waals surface area contributed by atoms with Gasteiger partial charge in [-0.1, -0.05) is 31.2 Å². The second-order valence-corrected chi connectivity index (χ2v) is 8.38. The predicted molar refractivity (Wildman–Crippen MR) is 128 cm³/mol. The van der Waals surface area contributed by atoms with Gasteiger partial charge in [-0.05, 0) is 51.2 Å². The second-order valence-electron chi connectivity index (χ2n) is 8.38. The van der Waals surface area contributed by atoms with Crippen molar-refractivity contribution in [1.82, 2.24) is 9.80 Å². The number of nitrogens with zero attached hydrogens (tertiary/aromatic N) is 3. The van der Waals surface area contributed by atoms with Crippen LogP contribution in [-0.2, 0) is 9.59 Å². The van der Waals surface area contributed by atoms with E-state index < -0.39 is 22.7 Å². The zero-order chi connectivity index (χ0) is 24.8. The van der Waals surface area contributed by atoms with E-state index in [1.165, 1.54) is 23.1 Å². The molecular formula is C25H29N3O6. The summed E-state index contributed by atoms with van der Waals surface area (Å²) in [5, 5.41) is 22.5. The molecule has 180 valence electrons. The lowest BCUT2D eigenvalue weighted by molar-refractivity contribution is -0.384. The van der Waals surface area contributed by atoms with Crippen molar-refractivity contribution in [3.8, 4) is 5.75 Å². The predicted octanol–water partition coefficient (Wildman–Crippen LogP) is 3.76. The minimum atomic E-state index is -0.942. The molecule has 0 saturated carbocycles. The van der Waals surface area contributed by atoms with Crippen LogP contribution in [0.2, 0.25) is 0 Å². The van der Waals surface area contributed by atoms with E-state index in [9.17, 15) is 24.8 Å². The average molecular weight is 468 g/mol. The number of hydrogen-bond acceptors (Lipinski definition) is 7. The molecule has 1 N–H and O–H groups in total. The summed E-state index contributed by atoms with van der Waals surface area (Å²) in [6, 6.07) is 11.5. The van der Waals surface area contributed by atoms with Gasteiger partial charge >= 0.3 is 0 Å². The largest absolute Gasteiger partial charge is 0.507 e. The first-order chi connectivity index (χ1) is 16.2. The number of carbonyl (C=O) groups is 2. The van der Waals surface area contributed by atoms with Gasteiger partial charge in [0, 0.05) is 24.2 Å². The smallest absolute Gasteiger partial charge is 0.295 e. The van der Waals surface area contributed by atoms with E-state index in [0.717, 1.165) is 6.42 Å². The quantitative estimate of drug-likeness (QED) is 0.186. The topological polar surface area (TPSA) is 113 Å².